The molecule has 0 N–H and O–H groups in total. The topological polar surface area (TPSA) is 0 Å². The summed E-state index contributed by atoms with van der Waals surface area (Å²) >= 11 is 0. The van der Waals surface area contributed by atoms with Crippen molar-refractivity contribution in [2.45, 2.75) is 32.6 Å². The van der Waals surface area contributed by atoms with E-state index in [9.17, 15) is 8.78 Å². The van der Waals surface area contributed by atoms with Crippen LogP contribution in [0.25, 0.3) is 0 Å². The van der Waals surface area contributed by atoms with E-state index in [-0.39, 0.29) is 6.42 Å². The van der Waals surface area contributed by atoms with E-state index in [0.29, 0.717) is 0 Å². The normalized spacial score (nSPS) is 18.9. The summed E-state index contributed by atoms with van der Waals surface area (Å²) in [5.74, 6) is 0. The van der Waals surface area contributed by atoms with Gasteiger partial charge in [0.05, 0.1) is 0 Å². The zero-order valence-electron chi connectivity index (χ0n) is 4.62. The van der Waals surface area contributed by atoms with Crippen LogP contribution in [-0.4, -0.2) is 12.3 Å². The number of hydrogen-bond donors (Lipinski definition) is 0. The third kappa shape index (κ3) is 2.54. The number of alkyl halides is 2. The highest BCUT2D eigenvalue weighted by atomic mass is 19.2. The van der Waals surface area contributed by atoms with Gasteiger partial charge < -0.3 is 0 Å². The van der Waals surface area contributed by atoms with E-state index in [0.717, 1.165) is 0 Å². The van der Waals surface area contributed by atoms with Crippen LogP contribution in [0.5, 0.6) is 0 Å². The van der Waals surface area contributed by atoms with Crippen LogP contribution in [0.15, 0.2) is 0 Å². The molecule has 0 aromatic carbocycles. The molecule has 0 aliphatic heterocycles. The van der Waals surface area contributed by atoms with Gasteiger partial charge in [0.1, 0.15) is 12.3 Å². The molecule has 0 saturated heterocycles. The van der Waals surface area contributed by atoms with E-state index < -0.39 is 12.3 Å². The zero-order valence-corrected chi connectivity index (χ0v) is 4.62. The minimum absolute atomic E-state index is 0.275. The minimum Gasteiger partial charge on any atom is -0.245 e. The average Bonchev–Trinajstić information content (AvgIpc) is 1.65. The molecule has 0 aromatic heterocycles. The fourth-order valence-corrected chi connectivity index (χ4v) is 0.325. The molecule has 7 heavy (non-hydrogen) atoms. The van der Waals surface area contributed by atoms with Gasteiger partial charge in [0, 0.05) is 0 Å². The first kappa shape index (κ1) is 6.86. The van der Waals surface area contributed by atoms with E-state index >= 15 is 0 Å². The lowest BCUT2D eigenvalue weighted by Crippen LogP contribution is -2.10. The Morgan fingerprint density at radius 1 is 1.43 bits per heavy atom. The maximum Gasteiger partial charge on any atom is 0.131 e. The van der Waals surface area contributed by atoms with Gasteiger partial charge in [-0.05, 0) is 13.3 Å². The molecule has 0 aromatic rings. The maximum absolute atomic E-state index is 11.9. The van der Waals surface area contributed by atoms with Crippen LogP contribution < -0.4 is 0 Å². The maximum atomic E-state index is 11.9. The van der Waals surface area contributed by atoms with E-state index in [2.05, 4.69) is 0 Å². The number of halogens is 2. The second-order valence-corrected chi connectivity index (χ2v) is 1.60. The van der Waals surface area contributed by atoms with Gasteiger partial charge >= 0.3 is 0 Å². The first-order valence-corrected chi connectivity index (χ1v) is 2.46. The molecule has 0 radical (unpaired) electrons. The van der Waals surface area contributed by atoms with Crippen molar-refractivity contribution in [2.24, 2.45) is 0 Å². The van der Waals surface area contributed by atoms with Crippen molar-refractivity contribution in [2.75, 3.05) is 0 Å². The second-order valence-electron chi connectivity index (χ2n) is 1.60. The fourth-order valence-electron chi connectivity index (χ4n) is 0.325. The summed E-state index contributed by atoms with van der Waals surface area (Å²) in [5.41, 5.74) is 0. The average molecular weight is 108 g/mol. The summed E-state index contributed by atoms with van der Waals surface area (Å²) in [6.45, 7) is 2.86. The molecule has 2 atom stereocenters. The summed E-state index contributed by atoms with van der Waals surface area (Å²) in [4.78, 5) is 0. The molecule has 0 spiro atoms. The van der Waals surface area contributed by atoms with Gasteiger partial charge in [0.15, 0.2) is 0 Å². The van der Waals surface area contributed by atoms with Crippen molar-refractivity contribution in [3.63, 3.8) is 0 Å². The molecule has 2 heteroatoms. The minimum atomic E-state index is -1.30. The lowest BCUT2D eigenvalue weighted by atomic mass is 10.2. The molecule has 0 heterocycles. The Hall–Kier alpha value is -0.140. The Balaban J connectivity index is 3.14. The van der Waals surface area contributed by atoms with Gasteiger partial charge in [-0.25, -0.2) is 8.78 Å². The number of rotatable bonds is 2. The first-order chi connectivity index (χ1) is 3.18. The SMILES string of the molecule is CC[C@H](F)C(C)F. The van der Waals surface area contributed by atoms with Crippen LogP contribution in [0.2, 0.25) is 0 Å². The van der Waals surface area contributed by atoms with Crippen molar-refractivity contribution in [1.82, 2.24) is 0 Å². The van der Waals surface area contributed by atoms with Crippen molar-refractivity contribution in [1.29, 1.82) is 0 Å². The molecule has 0 rings (SSSR count). The Morgan fingerprint density at radius 3 is 1.86 bits per heavy atom. The van der Waals surface area contributed by atoms with Crippen molar-refractivity contribution in [3.8, 4) is 0 Å². The van der Waals surface area contributed by atoms with Crippen LogP contribution in [0.4, 0.5) is 8.78 Å². The van der Waals surface area contributed by atoms with Crippen LogP contribution in [0.3, 0.4) is 0 Å². The molecule has 0 saturated carbocycles. The molecule has 44 valence electrons. The van der Waals surface area contributed by atoms with Crippen LogP contribution >= 0.6 is 0 Å². The Morgan fingerprint density at radius 2 is 1.86 bits per heavy atom. The van der Waals surface area contributed by atoms with Crippen LogP contribution in [0.1, 0.15) is 20.3 Å². The third-order valence-corrected chi connectivity index (χ3v) is 0.888. The van der Waals surface area contributed by atoms with Gasteiger partial charge in [-0.1, -0.05) is 6.92 Å². The fraction of sp³-hybridized carbons (Fsp3) is 1.00. The summed E-state index contributed by atoms with van der Waals surface area (Å²) in [7, 11) is 0. The lowest BCUT2D eigenvalue weighted by molar-refractivity contribution is 0.178. The summed E-state index contributed by atoms with van der Waals surface area (Å²) in [6.07, 6.45) is -2.29. The van der Waals surface area contributed by atoms with Crippen molar-refractivity contribution >= 4 is 0 Å². The van der Waals surface area contributed by atoms with Gasteiger partial charge in [0.2, 0.25) is 0 Å². The van der Waals surface area contributed by atoms with Crippen LogP contribution in [0, 0.1) is 0 Å². The van der Waals surface area contributed by atoms with Crippen molar-refractivity contribution in [3.05, 3.63) is 0 Å². The van der Waals surface area contributed by atoms with E-state index in [4.69, 9.17) is 0 Å². The van der Waals surface area contributed by atoms with Gasteiger partial charge in [-0.3, -0.25) is 0 Å². The lowest BCUT2D eigenvalue weighted by Gasteiger charge is -2.02. The molecule has 0 aliphatic rings. The smallest absolute Gasteiger partial charge is 0.131 e. The van der Waals surface area contributed by atoms with Gasteiger partial charge in [-0.15, -0.1) is 0 Å². The van der Waals surface area contributed by atoms with Gasteiger partial charge in [0.25, 0.3) is 0 Å². The first-order valence-electron chi connectivity index (χ1n) is 2.46. The molecule has 0 aliphatic carbocycles. The summed E-state index contributed by atoms with van der Waals surface area (Å²) < 4.78 is 23.6. The van der Waals surface area contributed by atoms with Crippen LogP contribution in [-0.2, 0) is 0 Å². The largest absolute Gasteiger partial charge is 0.245 e. The molecular weight excluding hydrogens is 98.1 g/mol. The molecule has 0 nitrogen and oxygen atoms in total. The molecular formula is C5H10F2. The van der Waals surface area contributed by atoms with E-state index in [1.54, 1.807) is 6.92 Å². The molecule has 0 bridgehead atoms. The van der Waals surface area contributed by atoms with Gasteiger partial charge in [-0.2, -0.15) is 0 Å². The highest BCUT2D eigenvalue weighted by Crippen LogP contribution is 2.05. The Bertz CT molecular complexity index is 43.3. The summed E-state index contributed by atoms with van der Waals surface area (Å²) in [6, 6.07) is 0. The van der Waals surface area contributed by atoms with E-state index in [1.807, 2.05) is 0 Å². The highest BCUT2D eigenvalue weighted by molar-refractivity contribution is 4.58. The second kappa shape index (κ2) is 2.94. The molecule has 0 amide bonds. The van der Waals surface area contributed by atoms with Crippen molar-refractivity contribution < 1.29 is 8.78 Å². The zero-order chi connectivity index (χ0) is 5.86. The molecule has 1 unspecified atom stereocenters. The highest BCUT2D eigenvalue weighted by Gasteiger charge is 2.10. The monoisotopic (exact) mass is 108 g/mol. The Labute approximate surface area is 42.5 Å². The van der Waals surface area contributed by atoms with E-state index in [1.165, 1.54) is 6.92 Å². The number of hydrogen-bond acceptors (Lipinski definition) is 0. The predicted molar refractivity (Wildman–Crippen MR) is 25.8 cm³/mol. The Kier molecular flexibility index (Phi) is 2.88. The predicted octanol–water partition coefficient (Wildman–Crippen LogP) is 2.09. The summed E-state index contributed by atoms with van der Waals surface area (Å²) in [5, 5.41) is 0. The molecule has 0 fully saturated rings. The quantitative estimate of drug-likeness (QED) is 0.508. The third-order valence-electron chi connectivity index (χ3n) is 0.888. The standard InChI is InChI=1S/C5H10F2/c1-3-5(7)4(2)6/h4-5H,3H2,1-2H3/t4?,5-/m0/s1.